The van der Waals surface area contributed by atoms with Crippen LogP contribution in [0.15, 0.2) is 48.8 Å². The first-order valence-corrected chi connectivity index (χ1v) is 11.5. The molecule has 0 atom stereocenters. The number of carbonyl (C=O) groups excluding carboxylic acids is 1. The van der Waals surface area contributed by atoms with Crippen LogP contribution in [0.3, 0.4) is 0 Å². The van der Waals surface area contributed by atoms with E-state index in [1.807, 2.05) is 43.3 Å². The van der Waals surface area contributed by atoms with Crippen molar-refractivity contribution in [3.63, 3.8) is 0 Å². The Hall–Kier alpha value is -3.69. The molecular formula is C24H19ClN4O4S. The summed E-state index contributed by atoms with van der Waals surface area (Å²) < 4.78 is 17.9. The third kappa shape index (κ3) is 3.82. The summed E-state index contributed by atoms with van der Waals surface area (Å²) in [5, 5.41) is 5.92. The molecule has 172 valence electrons. The number of carbonyl (C=O) groups is 1. The molecule has 0 unspecified atom stereocenters. The zero-order valence-electron chi connectivity index (χ0n) is 18.5. The molecule has 2 aromatic carbocycles. The van der Waals surface area contributed by atoms with Gasteiger partial charge in [0, 0.05) is 11.1 Å². The van der Waals surface area contributed by atoms with Gasteiger partial charge in [-0.2, -0.15) is 0 Å². The number of fused-ring (bicyclic) bond motifs is 3. The summed E-state index contributed by atoms with van der Waals surface area (Å²) in [4.78, 5) is 22.6. The highest BCUT2D eigenvalue weighted by Crippen LogP contribution is 2.34. The molecule has 0 radical (unpaired) electrons. The SMILES string of the molecule is COC(=O)c1sc2ncn3nc(-c4ccc(OC)c(COc5ccccc5Cl)c4)nc3c2c1C. The molecule has 0 bridgehead atoms. The minimum Gasteiger partial charge on any atom is -0.496 e. The van der Waals surface area contributed by atoms with Gasteiger partial charge < -0.3 is 14.2 Å². The van der Waals surface area contributed by atoms with E-state index in [1.54, 1.807) is 24.0 Å². The van der Waals surface area contributed by atoms with Gasteiger partial charge in [-0.05, 0) is 42.8 Å². The Kier molecular flexibility index (Phi) is 5.80. The van der Waals surface area contributed by atoms with E-state index in [0.29, 0.717) is 37.7 Å². The quantitative estimate of drug-likeness (QED) is 0.294. The van der Waals surface area contributed by atoms with Gasteiger partial charge in [-0.1, -0.05) is 23.7 Å². The van der Waals surface area contributed by atoms with Crippen LogP contribution in [-0.2, 0) is 11.3 Å². The first kappa shape index (κ1) is 22.1. The number of methoxy groups -OCH3 is 2. The van der Waals surface area contributed by atoms with E-state index in [9.17, 15) is 4.79 Å². The van der Waals surface area contributed by atoms with Crippen molar-refractivity contribution in [2.75, 3.05) is 14.2 Å². The van der Waals surface area contributed by atoms with E-state index in [2.05, 4.69) is 10.1 Å². The molecule has 5 rings (SSSR count). The van der Waals surface area contributed by atoms with Gasteiger partial charge in [-0.15, -0.1) is 16.4 Å². The van der Waals surface area contributed by atoms with E-state index >= 15 is 0 Å². The fourth-order valence-corrected chi connectivity index (χ4v) is 4.94. The summed E-state index contributed by atoms with van der Waals surface area (Å²) in [5.41, 5.74) is 3.00. The number of aromatic nitrogens is 4. The van der Waals surface area contributed by atoms with Gasteiger partial charge in [0.1, 0.15) is 34.1 Å². The molecule has 5 aromatic rings. The van der Waals surface area contributed by atoms with E-state index < -0.39 is 5.97 Å². The van der Waals surface area contributed by atoms with Crippen LogP contribution >= 0.6 is 22.9 Å². The Morgan fingerprint density at radius 2 is 1.97 bits per heavy atom. The third-order valence-electron chi connectivity index (χ3n) is 5.40. The van der Waals surface area contributed by atoms with Crippen molar-refractivity contribution >= 4 is 44.8 Å². The minimum atomic E-state index is -0.392. The number of nitrogens with zero attached hydrogens (tertiary/aromatic N) is 4. The Morgan fingerprint density at radius 1 is 1.15 bits per heavy atom. The molecule has 0 aliphatic rings. The first-order chi connectivity index (χ1) is 16.5. The van der Waals surface area contributed by atoms with Gasteiger partial charge >= 0.3 is 5.97 Å². The second kappa shape index (κ2) is 8.92. The fraction of sp³-hybridized carbons (Fsp3) is 0.167. The number of ether oxygens (including phenoxy) is 3. The van der Waals surface area contributed by atoms with Crippen molar-refractivity contribution in [3.05, 3.63) is 69.8 Å². The summed E-state index contributed by atoms with van der Waals surface area (Å²) in [7, 11) is 2.97. The zero-order valence-corrected chi connectivity index (χ0v) is 20.1. The van der Waals surface area contributed by atoms with Gasteiger partial charge in [0.25, 0.3) is 0 Å². The normalized spacial score (nSPS) is 11.2. The Bertz CT molecular complexity index is 1550. The number of benzene rings is 2. The highest BCUT2D eigenvalue weighted by atomic mass is 35.5. The zero-order chi connectivity index (χ0) is 23.8. The van der Waals surface area contributed by atoms with Gasteiger partial charge in [0.05, 0.1) is 24.6 Å². The predicted octanol–water partition coefficient (Wildman–Crippen LogP) is 5.34. The van der Waals surface area contributed by atoms with Gasteiger partial charge in [0.15, 0.2) is 11.5 Å². The average Bonchev–Trinajstić information content (AvgIpc) is 3.44. The lowest BCUT2D eigenvalue weighted by Gasteiger charge is -2.12. The highest BCUT2D eigenvalue weighted by Gasteiger charge is 2.21. The summed E-state index contributed by atoms with van der Waals surface area (Å²) in [5.74, 6) is 1.39. The molecular weight excluding hydrogens is 476 g/mol. The van der Waals surface area contributed by atoms with Crippen molar-refractivity contribution in [3.8, 4) is 22.9 Å². The van der Waals surface area contributed by atoms with Crippen LogP contribution < -0.4 is 9.47 Å². The Morgan fingerprint density at radius 3 is 2.74 bits per heavy atom. The summed E-state index contributed by atoms with van der Waals surface area (Å²) in [6, 6.07) is 13.0. The smallest absolute Gasteiger partial charge is 0.348 e. The lowest BCUT2D eigenvalue weighted by atomic mass is 10.1. The predicted molar refractivity (Wildman–Crippen MR) is 130 cm³/mol. The molecule has 0 saturated heterocycles. The van der Waals surface area contributed by atoms with Gasteiger partial charge in [-0.3, -0.25) is 0 Å². The standard InChI is InChI=1S/C24H19ClN4O4S/c1-13-19-22-27-21(28-29(22)12-26-23(19)34-20(13)24(30)32-3)14-8-9-17(31-2)15(10-14)11-33-18-7-5-4-6-16(18)25/h4-10,12H,11H2,1-3H3. The van der Waals surface area contributed by atoms with E-state index in [-0.39, 0.29) is 6.61 Å². The van der Waals surface area contributed by atoms with Crippen LogP contribution in [0.1, 0.15) is 20.8 Å². The van der Waals surface area contributed by atoms with E-state index in [1.165, 1.54) is 18.4 Å². The summed E-state index contributed by atoms with van der Waals surface area (Å²) in [6.45, 7) is 2.12. The van der Waals surface area contributed by atoms with Crippen molar-refractivity contribution in [2.24, 2.45) is 0 Å². The largest absolute Gasteiger partial charge is 0.496 e. The third-order valence-corrected chi connectivity index (χ3v) is 6.89. The number of hydrogen-bond acceptors (Lipinski definition) is 8. The Balaban J connectivity index is 1.54. The molecule has 8 nitrogen and oxygen atoms in total. The lowest BCUT2D eigenvalue weighted by molar-refractivity contribution is 0.0605. The van der Waals surface area contributed by atoms with Crippen molar-refractivity contribution in [1.29, 1.82) is 0 Å². The maximum atomic E-state index is 12.1. The molecule has 10 heteroatoms. The monoisotopic (exact) mass is 494 g/mol. The molecule has 0 fully saturated rings. The van der Waals surface area contributed by atoms with Gasteiger partial charge in [-0.25, -0.2) is 19.3 Å². The number of halogens is 1. The van der Waals surface area contributed by atoms with Crippen LogP contribution in [0.25, 0.3) is 27.3 Å². The maximum Gasteiger partial charge on any atom is 0.348 e. The number of thiophene rings is 1. The van der Waals surface area contributed by atoms with Crippen LogP contribution in [-0.4, -0.2) is 39.8 Å². The molecule has 0 saturated carbocycles. The highest BCUT2D eigenvalue weighted by molar-refractivity contribution is 7.20. The van der Waals surface area contributed by atoms with Gasteiger partial charge in [0.2, 0.25) is 0 Å². The summed E-state index contributed by atoms with van der Waals surface area (Å²) in [6.07, 6.45) is 1.59. The molecule has 0 N–H and O–H groups in total. The average molecular weight is 495 g/mol. The number of para-hydroxylation sites is 1. The van der Waals surface area contributed by atoms with E-state index in [0.717, 1.165) is 22.1 Å². The number of rotatable bonds is 6. The van der Waals surface area contributed by atoms with Crippen molar-refractivity contribution in [1.82, 2.24) is 19.6 Å². The second-order valence-electron chi connectivity index (χ2n) is 7.42. The maximum absolute atomic E-state index is 12.1. The van der Waals surface area contributed by atoms with Crippen LogP contribution in [0, 0.1) is 6.92 Å². The summed E-state index contributed by atoms with van der Waals surface area (Å²) >= 11 is 7.49. The molecule has 34 heavy (non-hydrogen) atoms. The molecule has 0 aliphatic carbocycles. The van der Waals surface area contributed by atoms with Crippen LogP contribution in [0.2, 0.25) is 5.02 Å². The second-order valence-corrected chi connectivity index (χ2v) is 8.83. The Labute approximate surface area is 203 Å². The van der Waals surface area contributed by atoms with Crippen LogP contribution in [0.4, 0.5) is 0 Å². The minimum absolute atomic E-state index is 0.256. The molecule has 0 amide bonds. The molecule has 0 aliphatic heterocycles. The molecule has 3 heterocycles. The first-order valence-electron chi connectivity index (χ1n) is 10.3. The van der Waals surface area contributed by atoms with E-state index in [4.69, 9.17) is 30.8 Å². The molecule has 3 aromatic heterocycles. The number of aryl methyl sites for hydroxylation is 1. The van der Waals surface area contributed by atoms with Crippen molar-refractivity contribution in [2.45, 2.75) is 13.5 Å². The number of esters is 1. The number of hydrogen-bond donors (Lipinski definition) is 0. The fourth-order valence-electron chi connectivity index (χ4n) is 3.69. The topological polar surface area (TPSA) is 87.8 Å². The van der Waals surface area contributed by atoms with Crippen LogP contribution in [0.5, 0.6) is 11.5 Å². The molecule has 0 spiro atoms. The lowest BCUT2D eigenvalue weighted by Crippen LogP contribution is -2.00. The van der Waals surface area contributed by atoms with Crippen molar-refractivity contribution < 1.29 is 19.0 Å².